The van der Waals surface area contributed by atoms with Gasteiger partial charge in [-0.1, -0.05) is 13.3 Å². The van der Waals surface area contributed by atoms with Crippen LogP contribution in [-0.2, 0) is 0 Å². The Labute approximate surface area is 101 Å². The summed E-state index contributed by atoms with van der Waals surface area (Å²) in [6.45, 7) is 4.87. The quantitative estimate of drug-likeness (QED) is 0.846. The standard InChI is InChI=1S/C12H19FN4/c1-3-14-12-15-7-9(13)11(17-12)16-10-6-4-5-8(10)2/h7-8,10H,3-6H2,1-2H3,(H2,14,15,16,17). The number of nitrogens with one attached hydrogen (secondary N) is 2. The van der Waals surface area contributed by atoms with Gasteiger partial charge in [-0.15, -0.1) is 0 Å². The Hall–Kier alpha value is -1.39. The van der Waals surface area contributed by atoms with Gasteiger partial charge in [0, 0.05) is 12.6 Å². The van der Waals surface area contributed by atoms with Gasteiger partial charge >= 0.3 is 0 Å². The van der Waals surface area contributed by atoms with Crippen LogP contribution in [0.15, 0.2) is 6.20 Å². The van der Waals surface area contributed by atoms with Crippen LogP contribution in [0, 0.1) is 11.7 Å². The van der Waals surface area contributed by atoms with E-state index in [0.29, 0.717) is 23.7 Å². The maximum atomic E-state index is 13.6. The molecule has 2 N–H and O–H groups in total. The fourth-order valence-electron chi connectivity index (χ4n) is 2.25. The Morgan fingerprint density at radius 2 is 2.29 bits per heavy atom. The van der Waals surface area contributed by atoms with Crippen molar-refractivity contribution in [2.45, 2.75) is 39.2 Å². The molecule has 0 aromatic carbocycles. The zero-order valence-electron chi connectivity index (χ0n) is 10.3. The maximum Gasteiger partial charge on any atom is 0.224 e. The first kappa shape index (κ1) is 12.1. The van der Waals surface area contributed by atoms with Crippen molar-refractivity contribution >= 4 is 11.8 Å². The fraction of sp³-hybridized carbons (Fsp3) is 0.667. The van der Waals surface area contributed by atoms with Crippen molar-refractivity contribution in [3.05, 3.63) is 12.0 Å². The van der Waals surface area contributed by atoms with Crippen molar-refractivity contribution in [3.63, 3.8) is 0 Å². The van der Waals surface area contributed by atoms with E-state index >= 15 is 0 Å². The number of rotatable bonds is 4. The van der Waals surface area contributed by atoms with Crippen molar-refractivity contribution in [1.29, 1.82) is 0 Å². The number of hydrogen-bond donors (Lipinski definition) is 2. The van der Waals surface area contributed by atoms with Crippen LogP contribution in [0.25, 0.3) is 0 Å². The highest BCUT2D eigenvalue weighted by atomic mass is 19.1. The molecule has 1 aromatic heterocycles. The lowest BCUT2D eigenvalue weighted by Gasteiger charge is -2.18. The molecule has 1 aromatic rings. The summed E-state index contributed by atoms with van der Waals surface area (Å²) < 4.78 is 13.6. The molecule has 17 heavy (non-hydrogen) atoms. The summed E-state index contributed by atoms with van der Waals surface area (Å²) in [6.07, 6.45) is 4.70. The molecule has 2 rings (SSSR count). The summed E-state index contributed by atoms with van der Waals surface area (Å²) in [6, 6.07) is 0.328. The maximum absolute atomic E-state index is 13.6. The highest BCUT2D eigenvalue weighted by Gasteiger charge is 2.24. The summed E-state index contributed by atoms with van der Waals surface area (Å²) in [4.78, 5) is 8.04. The minimum atomic E-state index is -0.384. The van der Waals surface area contributed by atoms with Gasteiger partial charge in [0.2, 0.25) is 5.95 Å². The molecular formula is C12H19FN4. The summed E-state index contributed by atoms with van der Waals surface area (Å²) in [5.74, 6) is 0.981. The summed E-state index contributed by atoms with van der Waals surface area (Å²) >= 11 is 0. The SMILES string of the molecule is CCNc1ncc(F)c(NC2CCCC2C)n1. The molecule has 1 heterocycles. The van der Waals surface area contributed by atoms with Crippen molar-refractivity contribution in [3.8, 4) is 0 Å². The third-order valence-electron chi connectivity index (χ3n) is 3.26. The first-order valence-corrected chi connectivity index (χ1v) is 6.23. The molecule has 2 unspecified atom stereocenters. The molecule has 0 spiro atoms. The van der Waals surface area contributed by atoms with Crippen molar-refractivity contribution in [1.82, 2.24) is 9.97 Å². The molecular weight excluding hydrogens is 219 g/mol. The minimum Gasteiger partial charge on any atom is -0.364 e. The molecule has 1 aliphatic carbocycles. The van der Waals surface area contributed by atoms with Crippen molar-refractivity contribution < 1.29 is 4.39 Å². The monoisotopic (exact) mass is 238 g/mol. The lowest BCUT2D eigenvalue weighted by atomic mass is 10.1. The molecule has 0 saturated heterocycles. The van der Waals surface area contributed by atoms with E-state index in [-0.39, 0.29) is 5.82 Å². The number of halogens is 1. The number of nitrogens with zero attached hydrogens (tertiary/aromatic N) is 2. The predicted molar refractivity (Wildman–Crippen MR) is 66.6 cm³/mol. The van der Waals surface area contributed by atoms with Gasteiger partial charge in [0.25, 0.3) is 0 Å². The van der Waals surface area contributed by atoms with Crippen LogP contribution in [0.3, 0.4) is 0 Å². The van der Waals surface area contributed by atoms with Gasteiger partial charge < -0.3 is 10.6 Å². The van der Waals surface area contributed by atoms with Gasteiger partial charge in [0.05, 0.1) is 6.20 Å². The number of aromatic nitrogens is 2. The molecule has 0 amide bonds. The van der Waals surface area contributed by atoms with E-state index < -0.39 is 0 Å². The van der Waals surface area contributed by atoms with Gasteiger partial charge in [-0.3, -0.25) is 0 Å². The largest absolute Gasteiger partial charge is 0.364 e. The number of hydrogen-bond acceptors (Lipinski definition) is 4. The zero-order chi connectivity index (χ0) is 12.3. The molecule has 1 aliphatic rings. The second-order valence-electron chi connectivity index (χ2n) is 4.58. The van der Waals surface area contributed by atoms with Gasteiger partial charge in [-0.2, -0.15) is 4.98 Å². The molecule has 1 saturated carbocycles. The van der Waals surface area contributed by atoms with E-state index in [4.69, 9.17) is 0 Å². The van der Waals surface area contributed by atoms with Crippen LogP contribution in [0.4, 0.5) is 16.2 Å². The van der Waals surface area contributed by atoms with Crippen LogP contribution in [0.1, 0.15) is 33.1 Å². The lowest BCUT2D eigenvalue weighted by molar-refractivity contribution is 0.545. The van der Waals surface area contributed by atoms with E-state index in [2.05, 4.69) is 27.5 Å². The van der Waals surface area contributed by atoms with E-state index in [1.165, 1.54) is 19.0 Å². The normalized spacial score (nSPS) is 23.7. The molecule has 0 bridgehead atoms. The van der Waals surface area contributed by atoms with Crippen LogP contribution < -0.4 is 10.6 Å². The minimum absolute atomic E-state index is 0.315. The Balaban J connectivity index is 2.10. The van der Waals surface area contributed by atoms with Gasteiger partial charge in [-0.05, 0) is 25.7 Å². The van der Waals surface area contributed by atoms with Crippen LogP contribution in [-0.4, -0.2) is 22.6 Å². The van der Waals surface area contributed by atoms with E-state index in [0.717, 1.165) is 13.0 Å². The number of anilines is 2. The molecule has 4 nitrogen and oxygen atoms in total. The topological polar surface area (TPSA) is 49.8 Å². The zero-order valence-corrected chi connectivity index (χ0v) is 10.3. The fourth-order valence-corrected chi connectivity index (χ4v) is 2.25. The Morgan fingerprint density at radius 3 is 2.94 bits per heavy atom. The molecule has 2 atom stereocenters. The van der Waals surface area contributed by atoms with Crippen LogP contribution in [0.2, 0.25) is 0 Å². The van der Waals surface area contributed by atoms with Crippen LogP contribution >= 0.6 is 0 Å². The molecule has 5 heteroatoms. The second kappa shape index (κ2) is 5.29. The van der Waals surface area contributed by atoms with E-state index in [1.807, 2.05) is 6.92 Å². The second-order valence-corrected chi connectivity index (χ2v) is 4.58. The highest BCUT2D eigenvalue weighted by molar-refractivity contribution is 5.42. The summed E-state index contributed by atoms with van der Waals surface area (Å²) in [5, 5.41) is 6.17. The summed E-state index contributed by atoms with van der Waals surface area (Å²) in [5.41, 5.74) is 0. The molecule has 94 valence electrons. The molecule has 0 aliphatic heterocycles. The third kappa shape index (κ3) is 2.84. The first-order valence-electron chi connectivity index (χ1n) is 6.23. The molecule has 0 radical (unpaired) electrons. The average molecular weight is 238 g/mol. The van der Waals surface area contributed by atoms with E-state index in [9.17, 15) is 4.39 Å². The molecule has 1 fully saturated rings. The van der Waals surface area contributed by atoms with Gasteiger partial charge in [0.1, 0.15) is 0 Å². The third-order valence-corrected chi connectivity index (χ3v) is 3.26. The lowest BCUT2D eigenvalue weighted by Crippen LogP contribution is -2.23. The highest BCUT2D eigenvalue weighted by Crippen LogP contribution is 2.28. The van der Waals surface area contributed by atoms with Crippen molar-refractivity contribution in [2.24, 2.45) is 5.92 Å². The summed E-state index contributed by atoms with van der Waals surface area (Å²) in [7, 11) is 0. The van der Waals surface area contributed by atoms with Gasteiger partial charge in [0.15, 0.2) is 11.6 Å². The Morgan fingerprint density at radius 1 is 1.47 bits per heavy atom. The first-order chi connectivity index (χ1) is 8.20. The van der Waals surface area contributed by atoms with Crippen LogP contribution in [0.5, 0.6) is 0 Å². The Bertz CT molecular complexity index is 383. The smallest absolute Gasteiger partial charge is 0.224 e. The average Bonchev–Trinajstić information content (AvgIpc) is 2.70. The Kier molecular flexibility index (Phi) is 3.76. The van der Waals surface area contributed by atoms with E-state index in [1.54, 1.807) is 0 Å². The van der Waals surface area contributed by atoms with Crippen molar-refractivity contribution in [2.75, 3.05) is 17.2 Å². The van der Waals surface area contributed by atoms with Gasteiger partial charge in [-0.25, -0.2) is 9.37 Å². The predicted octanol–water partition coefficient (Wildman–Crippen LogP) is 2.65.